The van der Waals surface area contributed by atoms with Gasteiger partial charge in [0.05, 0.1) is 13.2 Å². The minimum absolute atomic E-state index is 0.420. The highest BCUT2D eigenvalue weighted by Gasteiger charge is 1.95. The molecule has 2 aromatic heterocycles. The van der Waals surface area contributed by atoms with Crippen molar-refractivity contribution >= 4 is 58.3 Å². The van der Waals surface area contributed by atoms with Crippen molar-refractivity contribution < 1.29 is 9.47 Å². The van der Waals surface area contributed by atoms with Crippen LogP contribution in [0.25, 0.3) is 12.2 Å². The maximum Gasteiger partial charge on any atom is 0.261 e. The number of ether oxygens (including phenoxy) is 2. The first-order chi connectivity index (χ1) is 18.6. The van der Waals surface area contributed by atoms with Gasteiger partial charge in [0.1, 0.15) is 0 Å². The van der Waals surface area contributed by atoms with Gasteiger partial charge in [0.2, 0.25) is 0 Å². The second-order valence-corrected chi connectivity index (χ2v) is 8.06. The molecule has 0 fully saturated rings. The fraction of sp³-hybridized carbons (Fsp3) is 0.133. The van der Waals surface area contributed by atoms with Crippen LogP contribution in [-0.4, -0.2) is 33.5 Å². The number of pyridine rings is 2. The molecule has 2 N–H and O–H groups in total. The van der Waals surface area contributed by atoms with Gasteiger partial charge in [-0.25, -0.2) is 0 Å². The molecule has 0 spiro atoms. The third-order valence-electron chi connectivity index (χ3n) is 4.47. The summed E-state index contributed by atoms with van der Waals surface area (Å²) in [6, 6.07) is 27.3. The van der Waals surface area contributed by atoms with Crippen molar-refractivity contribution in [2.45, 2.75) is 13.8 Å². The molecule has 0 aliphatic carbocycles. The molecule has 0 radical (unpaired) electrons. The van der Waals surface area contributed by atoms with E-state index < -0.39 is 0 Å². The fourth-order valence-electron chi connectivity index (χ4n) is 2.75. The van der Waals surface area contributed by atoms with Gasteiger partial charge in [-0.2, -0.15) is 0 Å². The standard InChI is InChI=1S/C12H10N2.2C9H11NOS/c1(11-3-7-13-8-4-11)2-12-5-9-14-10-6-12;2*1-2-11-9(12)10-8-6-4-3-5-7-8/h1-10H;2*3-7H,2H2,1H3,(H,10,12)/b2-1+;;. The van der Waals surface area contributed by atoms with E-state index in [2.05, 4.69) is 32.8 Å². The molecule has 2 aromatic carbocycles. The molecule has 4 rings (SSSR count). The van der Waals surface area contributed by atoms with Crippen LogP contribution in [0.15, 0.2) is 110 Å². The normalized spacial score (nSPS) is 9.63. The molecular formula is C30H32N4O2S2. The van der Waals surface area contributed by atoms with E-state index in [0.29, 0.717) is 23.6 Å². The van der Waals surface area contributed by atoms with Gasteiger partial charge in [-0.3, -0.25) is 9.97 Å². The second kappa shape index (κ2) is 19.0. The zero-order valence-electron chi connectivity index (χ0n) is 21.5. The lowest BCUT2D eigenvalue weighted by molar-refractivity contribution is 0.335. The Hall–Kier alpha value is -4.14. The summed E-state index contributed by atoms with van der Waals surface area (Å²) in [4.78, 5) is 7.91. The summed E-state index contributed by atoms with van der Waals surface area (Å²) in [5.74, 6) is 0. The molecule has 38 heavy (non-hydrogen) atoms. The number of hydrogen-bond donors (Lipinski definition) is 2. The molecule has 196 valence electrons. The Bertz CT molecular complexity index is 1110. The first-order valence-corrected chi connectivity index (χ1v) is 12.9. The monoisotopic (exact) mass is 544 g/mol. The molecule has 6 nitrogen and oxygen atoms in total. The Kier molecular flexibility index (Phi) is 15.1. The third kappa shape index (κ3) is 13.8. The van der Waals surface area contributed by atoms with Crippen LogP contribution in [0.2, 0.25) is 0 Å². The number of aromatic nitrogens is 2. The summed E-state index contributed by atoms with van der Waals surface area (Å²) in [5, 5.41) is 6.74. The molecule has 2 heterocycles. The molecule has 8 heteroatoms. The molecule has 0 aliphatic heterocycles. The predicted octanol–water partition coefficient (Wildman–Crippen LogP) is 7.49. The zero-order chi connectivity index (χ0) is 27.3. The van der Waals surface area contributed by atoms with E-state index >= 15 is 0 Å². The summed E-state index contributed by atoms with van der Waals surface area (Å²) in [6.45, 7) is 5.00. The van der Waals surface area contributed by atoms with Gasteiger partial charge in [0.25, 0.3) is 10.3 Å². The smallest absolute Gasteiger partial charge is 0.261 e. The average molecular weight is 545 g/mol. The van der Waals surface area contributed by atoms with Gasteiger partial charge in [0, 0.05) is 36.2 Å². The molecule has 4 aromatic rings. The lowest BCUT2D eigenvalue weighted by Gasteiger charge is -2.06. The van der Waals surface area contributed by atoms with E-state index in [9.17, 15) is 0 Å². The molecule has 0 bridgehead atoms. The quantitative estimate of drug-likeness (QED) is 0.242. The van der Waals surface area contributed by atoms with E-state index in [1.807, 2.05) is 98.8 Å². The zero-order valence-corrected chi connectivity index (χ0v) is 23.1. The first kappa shape index (κ1) is 30.1. The minimum atomic E-state index is 0.420. The number of benzene rings is 2. The van der Waals surface area contributed by atoms with Crippen LogP contribution < -0.4 is 10.6 Å². The summed E-state index contributed by atoms with van der Waals surface area (Å²) in [5.41, 5.74) is 4.21. The van der Waals surface area contributed by atoms with Crippen LogP contribution in [0, 0.1) is 0 Å². The van der Waals surface area contributed by atoms with Crippen LogP contribution in [0.4, 0.5) is 11.4 Å². The molecule has 0 aliphatic rings. The first-order valence-electron chi connectivity index (χ1n) is 12.1. The van der Waals surface area contributed by atoms with Gasteiger partial charge >= 0.3 is 0 Å². The second-order valence-electron chi connectivity index (χ2n) is 7.32. The van der Waals surface area contributed by atoms with Crippen molar-refractivity contribution in [2.24, 2.45) is 0 Å². The average Bonchev–Trinajstić information content (AvgIpc) is 2.95. The SMILES string of the molecule is C(=C\c1ccncc1)/c1ccncc1.CCOC(=S)Nc1ccccc1.CCOC(=S)Nc1ccccc1. The number of para-hydroxylation sites is 2. The molecular weight excluding hydrogens is 512 g/mol. The topological polar surface area (TPSA) is 68.3 Å². The Labute approximate surface area is 235 Å². The highest BCUT2D eigenvalue weighted by atomic mass is 32.1. The van der Waals surface area contributed by atoms with Crippen LogP contribution >= 0.6 is 24.4 Å². The van der Waals surface area contributed by atoms with Gasteiger partial charge in [0.15, 0.2) is 0 Å². The maximum atomic E-state index is 5.07. The van der Waals surface area contributed by atoms with Crippen LogP contribution in [-0.2, 0) is 9.47 Å². The van der Waals surface area contributed by atoms with E-state index in [4.69, 9.17) is 33.9 Å². The van der Waals surface area contributed by atoms with Crippen molar-refractivity contribution in [3.05, 3.63) is 121 Å². The largest absolute Gasteiger partial charge is 0.471 e. The highest BCUT2D eigenvalue weighted by molar-refractivity contribution is 7.80. The lowest BCUT2D eigenvalue weighted by Crippen LogP contribution is -2.12. The highest BCUT2D eigenvalue weighted by Crippen LogP contribution is 2.07. The van der Waals surface area contributed by atoms with Crippen LogP contribution in [0.1, 0.15) is 25.0 Å². The van der Waals surface area contributed by atoms with Crippen molar-refractivity contribution in [1.29, 1.82) is 0 Å². The summed E-state index contributed by atoms with van der Waals surface area (Å²) >= 11 is 9.80. The number of anilines is 2. The number of rotatable bonds is 6. The molecule has 0 atom stereocenters. The Morgan fingerprint density at radius 2 is 0.947 bits per heavy atom. The van der Waals surface area contributed by atoms with E-state index in [1.54, 1.807) is 24.8 Å². The van der Waals surface area contributed by atoms with E-state index in [1.165, 1.54) is 0 Å². The lowest BCUT2D eigenvalue weighted by atomic mass is 10.2. The molecule has 0 saturated carbocycles. The summed E-state index contributed by atoms with van der Waals surface area (Å²) < 4.78 is 10.1. The number of nitrogens with zero attached hydrogens (tertiary/aromatic N) is 2. The van der Waals surface area contributed by atoms with Crippen LogP contribution in [0.3, 0.4) is 0 Å². The predicted molar refractivity (Wildman–Crippen MR) is 166 cm³/mol. The van der Waals surface area contributed by atoms with Crippen molar-refractivity contribution in [3.8, 4) is 0 Å². The molecule has 0 unspecified atom stereocenters. The van der Waals surface area contributed by atoms with Gasteiger partial charge in [-0.1, -0.05) is 48.6 Å². The molecule has 0 amide bonds. The minimum Gasteiger partial charge on any atom is -0.471 e. The van der Waals surface area contributed by atoms with Gasteiger partial charge < -0.3 is 20.1 Å². The van der Waals surface area contributed by atoms with Crippen molar-refractivity contribution in [1.82, 2.24) is 9.97 Å². The number of hydrogen-bond acceptors (Lipinski definition) is 6. The Morgan fingerprint density at radius 3 is 1.26 bits per heavy atom. The van der Waals surface area contributed by atoms with Crippen molar-refractivity contribution in [3.63, 3.8) is 0 Å². The number of thiocarbonyl (C=S) groups is 2. The maximum absolute atomic E-state index is 5.07. The molecule has 0 saturated heterocycles. The Balaban J connectivity index is 0.000000201. The third-order valence-corrected chi connectivity index (χ3v) is 4.91. The van der Waals surface area contributed by atoms with Crippen molar-refractivity contribution in [2.75, 3.05) is 23.8 Å². The summed E-state index contributed by atoms with van der Waals surface area (Å²) in [6.07, 6.45) is 11.2. The Morgan fingerprint density at radius 1 is 0.605 bits per heavy atom. The van der Waals surface area contributed by atoms with Gasteiger partial charge in [-0.05, 0) is 97.9 Å². The number of nitrogens with one attached hydrogen (secondary N) is 2. The van der Waals surface area contributed by atoms with Gasteiger partial charge in [-0.15, -0.1) is 0 Å². The summed E-state index contributed by atoms with van der Waals surface area (Å²) in [7, 11) is 0. The van der Waals surface area contributed by atoms with E-state index in [-0.39, 0.29) is 0 Å². The fourth-order valence-corrected chi connectivity index (χ4v) is 3.23. The van der Waals surface area contributed by atoms with E-state index in [0.717, 1.165) is 22.5 Å². The van der Waals surface area contributed by atoms with Crippen LogP contribution in [0.5, 0.6) is 0 Å².